The SMILES string of the molecule is COC(=O)c1ccsc1Nc1nc(Cl)ncc1C. The fourth-order valence-corrected chi connectivity index (χ4v) is 2.24. The first-order valence-electron chi connectivity index (χ1n) is 5.04. The van der Waals surface area contributed by atoms with Gasteiger partial charge < -0.3 is 10.1 Å². The molecule has 0 aliphatic rings. The largest absolute Gasteiger partial charge is 0.465 e. The number of hydrogen-bond donors (Lipinski definition) is 1. The Bertz CT molecular complexity index is 585. The number of esters is 1. The molecule has 1 N–H and O–H groups in total. The third kappa shape index (κ3) is 2.60. The van der Waals surface area contributed by atoms with Crippen LogP contribution in [-0.2, 0) is 4.74 Å². The smallest absolute Gasteiger partial charge is 0.340 e. The molecule has 0 bridgehead atoms. The number of hydrogen-bond acceptors (Lipinski definition) is 6. The van der Waals surface area contributed by atoms with Crippen LogP contribution in [0.1, 0.15) is 15.9 Å². The molecule has 0 aromatic carbocycles. The molecule has 0 saturated carbocycles. The Hall–Kier alpha value is -1.66. The number of rotatable bonds is 3. The van der Waals surface area contributed by atoms with Crippen molar-refractivity contribution in [3.05, 3.63) is 34.1 Å². The van der Waals surface area contributed by atoms with Crippen LogP contribution in [0.5, 0.6) is 0 Å². The van der Waals surface area contributed by atoms with Gasteiger partial charge in [-0.25, -0.2) is 14.8 Å². The molecule has 0 radical (unpaired) electrons. The van der Waals surface area contributed by atoms with Gasteiger partial charge in [0.2, 0.25) is 5.28 Å². The van der Waals surface area contributed by atoms with Gasteiger partial charge in [-0.1, -0.05) is 0 Å². The van der Waals surface area contributed by atoms with Gasteiger partial charge in [0.15, 0.2) is 0 Å². The lowest BCUT2D eigenvalue weighted by Gasteiger charge is -2.07. The number of aryl methyl sites for hydroxylation is 1. The highest BCUT2D eigenvalue weighted by molar-refractivity contribution is 7.14. The molecule has 0 unspecified atom stereocenters. The summed E-state index contributed by atoms with van der Waals surface area (Å²) in [6, 6.07) is 1.69. The number of nitrogens with zero attached hydrogens (tertiary/aromatic N) is 2. The molecule has 0 aliphatic heterocycles. The van der Waals surface area contributed by atoms with Crippen LogP contribution < -0.4 is 5.32 Å². The summed E-state index contributed by atoms with van der Waals surface area (Å²) in [7, 11) is 1.34. The first-order chi connectivity index (χ1) is 8.61. The zero-order chi connectivity index (χ0) is 13.1. The van der Waals surface area contributed by atoms with Crippen LogP contribution in [0, 0.1) is 6.92 Å². The van der Waals surface area contributed by atoms with Crippen molar-refractivity contribution in [2.45, 2.75) is 6.92 Å². The number of aromatic nitrogens is 2. The monoisotopic (exact) mass is 283 g/mol. The van der Waals surface area contributed by atoms with E-state index >= 15 is 0 Å². The number of nitrogens with one attached hydrogen (secondary N) is 1. The second-order valence-electron chi connectivity index (χ2n) is 3.45. The highest BCUT2D eigenvalue weighted by atomic mass is 35.5. The minimum atomic E-state index is -0.392. The Balaban J connectivity index is 2.32. The summed E-state index contributed by atoms with van der Waals surface area (Å²) in [4.78, 5) is 19.5. The normalized spacial score (nSPS) is 10.2. The van der Waals surface area contributed by atoms with Crippen LogP contribution in [0.3, 0.4) is 0 Å². The van der Waals surface area contributed by atoms with E-state index in [0.29, 0.717) is 16.4 Å². The van der Waals surface area contributed by atoms with Gasteiger partial charge in [0.1, 0.15) is 10.8 Å². The summed E-state index contributed by atoms with van der Waals surface area (Å²) in [6.07, 6.45) is 1.61. The van der Waals surface area contributed by atoms with Crippen molar-refractivity contribution in [1.29, 1.82) is 0 Å². The summed E-state index contributed by atoms with van der Waals surface area (Å²) in [5.74, 6) is 0.180. The van der Waals surface area contributed by atoms with Gasteiger partial charge in [0, 0.05) is 11.8 Å². The van der Waals surface area contributed by atoms with Crippen molar-refractivity contribution in [2.24, 2.45) is 0 Å². The van der Waals surface area contributed by atoms with Crippen LogP contribution in [0.15, 0.2) is 17.6 Å². The Labute approximate surface area is 113 Å². The van der Waals surface area contributed by atoms with Crippen molar-refractivity contribution in [3.8, 4) is 0 Å². The molecule has 18 heavy (non-hydrogen) atoms. The lowest BCUT2D eigenvalue weighted by Crippen LogP contribution is -2.04. The molecule has 94 valence electrons. The minimum Gasteiger partial charge on any atom is -0.465 e. The summed E-state index contributed by atoms with van der Waals surface area (Å²) in [5, 5.41) is 5.68. The molecular formula is C11H10ClN3O2S. The number of thiophene rings is 1. The Morgan fingerprint density at radius 1 is 1.56 bits per heavy atom. The van der Waals surface area contributed by atoms with Crippen molar-refractivity contribution >= 4 is 39.7 Å². The first kappa shape index (κ1) is 12.8. The molecule has 0 saturated heterocycles. The van der Waals surface area contributed by atoms with Gasteiger partial charge in [0.05, 0.1) is 12.7 Å². The highest BCUT2D eigenvalue weighted by Gasteiger charge is 2.14. The van der Waals surface area contributed by atoms with E-state index in [2.05, 4.69) is 15.3 Å². The quantitative estimate of drug-likeness (QED) is 0.693. The fourth-order valence-electron chi connectivity index (χ4n) is 1.33. The molecule has 2 aromatic rings. The maximum Gasteiger partial charge on any atom is 0.340 e. The maximum absolute atomic E-state index is 11.5. The number of methoxy groups -OCH3 is 1. The average molecular weight is 284 g/mol. The molecule has 2 rings (SSSR count). The first-order valence-corrected chi connectivity index (χ1v) is 6.29. The van der Waals surface area contributed by atoms with E-state index < -0.39 is 5.97 Å². The molecule has 2 heterocycles. The van der Waals surface area contributed by atoms with Gasteiger partial charge in [0.25, 0.3) is 0 Å². The zero-order valence-electron chi connectivity index (χ0n) is 9.73. The topological polar surface area (TPSA) is 64.1 Å². The predicted octanol–water partition coefficient (Wildman–Crippen LogP) is 3.03. The molecular weight excluding hydrogens is 274 g/mol. The van der Waals surface area contributed by atoms with Crippen LogP contribution >= 0.6 is 22.9 Å². The summed E-state index contributed by atoms with van der Waals surface area (Å²) < 4.78 is 4.70. The van der Waals surface area contributed by atoms with Crippen molar-refractivity contribution in [2.75, 3.05) is 12.4 Å². The Morgan fingerprint density at radius 3 is 3.06 bits per heavy atom. The van der Waals surface area contributed by atoms with Crippen LogP contribution in [0.4, 0.5) is 10.8 Å². The number of anilines is 2. The van der Waals surface area contributed by atoms with E-state index in [9.17, 15) is 4.79 Å². The molecule has 7 heteroatoms. The number of carbonyl (C=O) groups excluding carboxylic acids is 1. The molecule has 0 atom stereocenters. The van der Waals surface area contributed by atoms with E-state index in [-0.39, 0.29) is 5.28 Å². The van der Waals surface area contributed by atoms with Crippen molar-refractivity contribution in [1.82, 2.24) is 9.97 Å². The number of carbonyl (C=O) groups is 1. The van der Waals surface area contributed by atoms with E-state index in [1.54, 1.807) is 17.6 Å². The Morgan fingerprint density at radius 2 is 2.33 bits per heavy atom. The summed E-state index contributed by atoms with van der Waals surface area (Å²) in [6.45, 7) is 1.85. The number of ether oxygens (including phenoxy) is 1. The standard InChI is InChI=1S/C11H10ClN3O2S/c1-6-5-13-11(12)15-8(6)14-9-7(3-4-18-9)10(16)17-2/h3-5H,1-2H3,(H,13,14,15). The average Bonchev–Trinajstić information content (AvgIpc) is 2.81. The third-order valence-corrected chi connectivity index (χ3v) is 3.26. The molecule has 0 spiro atoms. The molecule has 2 aromatic heterocycles. The van der Waals surface area contributed by atoms with Gasteiger partial charge in [-0.3, -0.25) is 0 Å². The summed E-state index contributed by atoms with van der Waals surface area (Å²) >= 11 is 7.12. The molecule has 0 aliphatic carbocycles. The molecule has 0 fully saturated rings. The van der Waals surface area contributed by atoms with E-state index in [4.69, 9.17) is 16.3 Å². The van der Waals surface area contributed by atoms with E-state index in [1.807, 2.05) is 6.92 Å². The van der Waals surface area contributed by atoms with Gasteiger partial charge in [-0.2, -0.15) is 0 Å². The molecule has 0 amide bonds. The summed E-state index contributed by atoms with van der Waals surface area (Å²) in [5.41, 5.74) is 1.31. The van der Waals surface area contributed by atoms with Crippen LogP contribution in [-0.4, -0.2) is 23.0 Å². The third-order valence-electron chi connectivity index (χ3n) is 2.24. The second kappa shape index (κ2) is 5.32. The lowest BCUT2D eigenvalue weighted by molar-refractivity contribution is 0.0602. The van der Waals surface area contributed by atoms with Crippen molar-refractivity contribution < 1.29 is 9.53 Å². The lowest BCUT2D eigenvalue weighted by atomic mass is 10.3. The molecule has 5 nitrogen and oxygen atoms in total. The van der Waals surface area contributed by atoms with Gasteiger partial charge in [-0.15, -0.1) is 11.3 Å². The number of halogens is 1. The Kier molecular flexibility index (Phi) is 3.78. The highest BCUT2D eigenvalue weighted by Crippen LogP contribution is 2.28. The van der Waals surface area contributed by atoms with Crippen LogP contribution in [0.25, 0.3) is 0 Å². The predicted molar refractivity (Wildman–Crippen MR) is 70.7 cm³/mol. The van der Waals surface area contributed by atoms with Crippen LogP contribution in [0.2, 0.25) is 5.28 Å². The fraction of sp³-hybridized carbons (Fsp3) is 0.182. The maximum atomic E-state index is 11.5. The zero-order valence-corrected chi connectivity index (χ0v) is 11.3. The minimum absolute atomic E-state index is 0.152. The van der Waals surface area contributed by atoms with Crippen molar-refractivity contribution in [3.63, 3.8) is 0 Å². The van der Waals surface area contributed by atoms with Gasteiger partial charge >= 0.3 is 5.97 Å². The van der Waals surface area contributed by atoms with Gasteiger partial charge in [-0.05, 0) is 30.0 Å². The van der Waals surface area contributed by atoms with E-state index in [0.717, 1.165) is 5.56 Å². The van der Waals surface area contributed by atoms with E-state index in [1.165, 1.54) is 18.4 Å². The second-order valence-corrected chi connectivity index (χ2v) is 4.70.